The molecule has 1 N–H and O–H groups in total. The Bertz CT molecular complexity index is 916. The zero-order chi connectivity index (χ0) is 16.6. The van der Waals surface area contributed by atoms with Gasteiger partial charge in [-0.3, -0.25) is 14.3 Å². The van der Waals surface area contributed by atoms with Crippen molar-refractivity contribution in [1.29, 1.82) is 0 Å². The Labute approximate surface area is 132 Å². The molecular formula is C17H17N3O3. The Balaban J connectivity index is 2.03. The van der Waals surface area contributed by atoms with Crippen molar-refractivity contribution in [1.82, 2.24) is 9.36 Å². The number of benzene rings is 1. The van der Waals surface area contributed by atoms with E-state index in [-0.39, 0.29) is 17.2 Å². The molecule has 0 radical (unpaired) electrons. The highest BCUT2D eigenvalue weighted by molar-refractivity contribution is 6.05. The molecule has 0 atom stereocenters. The van der Waals surface area contributed by atoms with Crippen molar-refractivity contribution in [2.24, 2.45) is 7.05 Å². The molecule has 1 amide bonds. The zero-order valence-corrected chi connectivity index (χ0v) is 13.2. The number of amides is 1. The molecule has 3 rings (SSSR count). The summed E-state index contributed by atoms with van der Waals surface area (Å²) < 4.78 is 8.37. The number of rotatable bonds is 3. The van der Waals surface area contributed by atoms with Crippen LogP contribution in [0.15, 0.2) is 51.9 Å². The first-order chi connectivity index (χ1) is 11.0. The summed E-state index contributed by atoms with van der Waals surface area (Å²) in [6.45, 7) is 3.49. The Kier molecular flexibility index (Phi) is 3.65. The fraction of sp³-hybridized carbons (Fsp3) is 0.176. The molecule has 3 aromatic rings. The van der Waals surface area contributed by atoms with E-state index in [9.17, 15) is 9.59 Å². The van der Waals surface area contributed by atoms with E-state index in [0.717, 1.165) is 5.69 Å². The second-order valence-electron chi connectivity index (χ2n) is 5.28. The van der Waals surface area contributed by atoms with Crippen LogP contribution >= 0.6 is 0 Å². The minimum atomic E-state index is -0.359. The topological polar surface area (TPSA) is 69.2 Å². The molecule has 0 saturated carbocycles. The molecule has 2 aromatic heterocycles. The molecule has 0 bridgehead atoms. The number of hydrogen-bond acceptors (Lipinski definition) is 3. The van der Waals surface area contributed by atoms with Crippen molar-refractivity contribution in [2.75, 3.05) is 5.32 Å². The third-order valence-corrected chi connectivity index (χ3v) is 3.90. The van der Waals surface area contributed by atoms with Crippen molar-refractivity contribution < 1.29 is 9.21 Å². The Hall–Kier alpha value is -3.02. The summed E-state index contributed by atoms with van der Waals surface area (Å²) in [5.74, 6) is 0.154. The van der Waals surface area contributed by atoms with E-state index in [4.69, 9.17) is 4.42 Å². The van der Waals surface area contributed by atoms with Gasteiger partial charge in [0.2, 0.25) is 0 Å². The first-order valence-corrected chi connectivity index (χ1v) is 7.20. The molecule has 0 saturated heterocycles. The molecule has 0 aliphatic heterocycles. The van der Waals surface area contributed by atoms with Crippen LogP contribution in [0.4, 0.5) is 5.69 Å². The van der Waals surface area contributed by atoms with E-state index in [1.54, 1.807) is 31.6 Å². The van der Waals surface area contributed by atoms with Gasteiger partial charge < -0.3 is 9.73 Å². The Morgan fingerprint density at radius 1 is 1.13 bits per heavy atom. The van der Waals surface area contributed by atoms with Crippen LogP contribution in [-0.4, -0.2) is 15.3 Å². The number of anilines is 1. The number of aryl methyl sites for hydroxylation is 1. The molecule has 0 unspecified atom stereocenters. The molecule has 1 aromatic carbocycles. The van der Waals surface area contributed by atoms with E-state index in [0.29, 0.717) is 17.0 Å². The second kappa shape index (κ2) is 5.64. The summed E-state index contributed by atoms with van der Waals surface area (Å²) in [4.78, 5) is 25.0. The van der Waals surface area contributed by atoms with Crippen LogP contribution in [0.3, 0.4) is 0 Å². The van der Waals surface area contributed by atoms with Crippen molar-refractivity contribution in [3.05, 3.63) is 70.0 Å². The van der Waals surface area contributed by atoms with Gasteiger partial charge in [-0.25, -0.2) is 4.68 Å². The van der Waals surface area contributed by atoms with Gasteiger partial charge in [0, 0.05) is 7.05 Å². The van der Waals surface area contributed by atoms with Gasteiger partial charge in [0.1, 0.15) is 11.4 Å². The Morgan fingerprint density at radius 3 is 2.43 bits per heavy atom. The first-order valence-electron chi connectivity index (χ1n) is 7.20. The van der Waals surface area contributed by atoms with E-state index >= 15 is 0 Å². The fourth-order valence-corrected chi connectivity index (χ4v) is 2.51. The number of nitrogens with one attached hydrogen (secondary N) is 1. The van der Waals surface area contributed by atoms with Crippen molar-refractivity contribution in [3.8, 4) is 5.69 Å². The lowest BCUT2D eigenvalue weighted by molar-refractivity contribution is 0.102. The summed E-state index contributed by atoms with van der Waals surface area (Å²) >= 11 is 0. The lowest BCUT2D eigenvalue weighted by Crippen LogP contribution is -2.23. The molecule has 0 aliphatic rings. The number of carbonyl (C=O) groups excluding carboxylic acids is 1. The molecule has 6 heteroatoms. The lowest BCUT2D eigenvalue weighted by atomic mass is 10.2. The lowest BCUT2D eigenvalue weighted by Gasteiger charge is -2.07. The smallest absolute Gasteiger partial charge is 0.295 e. The predicted molar refractivity (Wildman–Crippen MR) is 87.1 cm³/mol. The second-order valence-corrected chi connectivity index (χ2v) is 5.28. The summed E-state index contributed by atoms with van der Waals surface area (Å²) in [5.41, 5.74) is 1.82. The third kappa shape index (κ3) is 2.48. The maximum Gasteiger partial charge on any atom is 0.295 e. The van der Waals surface area contributed by atoms with E-state index in [1.165, 1.54) is 10.9 Å². The van der Waals surface area contributed by atoms with Crippen LogP contribution in [0.1, 0.15) is 21.8 Å². The number of para-hydroxylation sites is 1. The fourth-order valence-electron chi connectivity index (χ4n) is 2.51. The number of nitrogens with zero attached hydrogens (tertiary/aromatic N) is 2. The quantitative estimate of drug-likeness (QED) is 0.808. The van der Waals surface area contributed by atoms with Crippen LogP contribution < -0.4 is 10.9 Å². The van der Waals surface area contributed by atoms with E-state index < -0.39 is 0 Å². The minimum absolute atomic E-state index is 0.266. The van der Waals surface area contributed by atoms with Gasteiger partial charge in [-0.05, 0) is 32.0 Å². The normalized spacial score (nSPS) is 10.7. The number of carbonyl (C=O) groups is 1. The maximum absolute atomic E-state index is 12.7. The summed E-state index contributed by atoms with van der Waals surface area (Å²) in [7, 11) is 1.78. The molecule has 0 spiro atoms. The van der Waals surface area contributed by atoms with Gasteiger partial charge in [0.05, 0.1) is 23.2 Å². The van der Waals surface area contributed by atoms with Gasteiger partial charge >= 0.3 is 0 Å². The zero-order valence-electron chi connectivity index (χ0n) is 13.2. The van der Waals surface area contributed by atoms with Gasteiger partial charge in [0.25, 0.3) is 11.5 Å². The number of furan rings is 1. The average molecular weight is 311 g/mol. The largest absolute Gasteiger partial charge is 0.469 e. The van der Waals surface area contributed by atoms with Gasteiger partial charge in [0.15, 0.2) is 0 Å². The SMILES string of the molecule is Cc1occc1C(=O)Nc1c(C)n(C)n(-c2ccccc2)c1=O. The molecule has 23 heavy (non-hydrogen) atoms. The van der Waals surface area contributed by atoms with Crippen LogP contribution in [0, 0.1) is 13.8 Å². The van der Waals surface area contributed by atoms with Crippen molar-refractivity contribution >= 4 is 11.6 Å². The highest BCUT2D eigenvalue weighted by Crippen LogP contribution is 2.16. The maximum atomic E-state index is 12.7. The molecule has 6 nitrogen and oxygen atoms in total. The number of hydrogen-bond donors (Lipinski definition) is 1. The molecule has 0 aliphatic carbocycles. The standard InChI is InChI=1S/C17H17N3O3/c1-11-15(18-16(21)14-9-10-23-12(14)2)17(22)20(19(11)3)13-7-5-4-6-8-13/h4-10H,1-3H3,(H,18,21). The highest BCUT2D eigenvalue weighted by atomic mass is 16.3. The molecule has 0 fully saturated rings. The van der Waals surface area contributed by atoms with Gasteiger partial charge in [-0.15, -0.1) is 0 Å². The molecular weight excluding hydrogens is 294 g/mol. The van der Waals surface area contributed by atoms with Crippen LogP contribution in [-0.2, 0) is 7.05 Å². The van der Waals surface area contributed by atoms with Crippen LogP contribution in [0.2, 0.25) is 0 Å². The molecule has 118 valence electrons. The minimum Gasteiger partial charge on any atom is -0.469 e. The van der Waals surface area contributed by atoms with Crippen LogP contribution in [0.5, 0.6) is 0 Å². The van der Waals surface area contributed by atoms with E-state index in [2.05, 4.69) is 5.32 Å². The summed E-state index contributed by atoms with van der Waals surface area (Å²) in [6.07, 6.45) is 1.45. The first kappa shape index (κ1) is 14.9. The number of aromatic nitrogens is 2. The van der Waals surface area contributed by atoms with Crippen LogP contribution in [0.25, 0.3) is 5.69 Å². The van der Waals surface area contributed by atoms with Crippen molar-refractivity contribution in [2.45, 2.75) is 13.8 Å². The van der Waals surface area contributed by atoms with E-state index in [1.807, 2.05) is 30.3 Å². The molecule has 2 heterocycles. The summed E-state index contributed by atoms with van der Waals surface area (Å²) in [6, 6.07) is 10.9. The van der Waals surface area contributed by atoms with Crippen molar-refractivity contribution in [3.63, 3.8) is 0 Å². The summed E-state index contributed by atoms with van der Waals surface area (Å²) in [5, 5.41) is 2.70. The van der Waals surface area contributed by atoms with Gasteiger partial charge in [-0.1, -0.05) is 18.2 Å². The third-order valence-electron chi connectivity index (χ3n) is 3.90. The average Bonchev–Trinajstić information content (AvgIpc) is 3.06. The highest BCUT2D eigenvalue weighted by Gasteiger charge is 2.20. The van der Waals surface area contributed by atoms with Gasteiger partial charge in [-0.2, -0.15) is 0 Å². The Morgan fingerprint density at radius 2 is 1.83 bits per heavy atom. The predicted octanol–water partition coefficient (Wildman–Crippen LogP) is 2.64. The monoisotopic (exact) mass is 311 g/mol.